The molecular formula is C15H16Cl2Zr. The van der Waals surface area contributed by atoms with Crippen molar-refractivity contribution in [2.45, 2.75) is 16.5 Å². The van der Waals surface area contributed by atoms with Crippen LogP contribution >= 0.6 is 24.8 Å². The van der Waals surface area contributed by atoms with Crippen LogP contribution in [0.1, 0.15) is 24.5 Å². The van der Waals surface area contributed by atoms with E-state index in [2.05, 4.69) is 61.6 Å². The fraction of sp³-hybridized carbons (Fsp3) is 0.200. The van der Waals surface area contributed by atoms with Crippen molar-refractivity contribution in [2.75, 3.05) is 0 Å². The van der Waals surface area contributed by atoms with Gasteiger partial charge in [-0.3, -0.25) is 0 Å². The van der Waals surface area contributed by atoms with Gasteiger partial charge in [-0.15, -0.1) is 24.8 Å². The summed E-state index contributed by atoms with van der Waals surface area (Å²) in [5, 5.41) is 0. The third kappa shape index (κ3) is 2.90. The second-order valence-electron chi connectivity index (χ2n) is 4.57. The molecule has 0 fully saturated rings. The molecule has 0 amide bonds. The monoisotopic (exact) mass is 356 g/mol. The van der Waals surface area contributed by atoms with Gasteiger partial charge >= 0.3 is 109 Å². The average molecular weight is 358 g/mol. The van der Waals surface area contributed by atoms with Crippen molar-refractivity contribution in [2.24, 2.45) is 0 Å². The Morgan fingerprint density at radius 1 is 1.17 bits per heavy atom. The quantitative estimate of drug-likeness (QED) is 0.719. The van der Waals surface area contributed by atoms with Crippen LogP contribution in [0.3, 0.4) is 0 Å². The van der Waals surface area contributed by atoms with Crippen LogP contribution in [0.2, 0.25) is 0 Å². The molecule has 0 spiro atoms. The number of fused-ring (bicyclic) bond motifs is 1. The van der Waals surface area contributed by atoms with E-state index in [0.29, 0.717) is 3.12 Å². The van der Waals surface area contributed by atoms with Gasteiger partial charge in [-0.2, -0.15) is 0 Å². The van der Waals surface area contributed by atoms with E-state index in [9.17, 15) is 0 Å². The zero-order valence-corrected chi connectivity index (χ0v) is 14.3. The fourth-order valence-electron chi connectivity index (χ4n) is 2.44. The van der Waals surface area contributed by atoms with E-state index in [4.69, 9.17) is 0 Å². The Bertz CT molecular complexity index is 517. The van der Waals surface area contributed by atoms with Crippen LogP contribution in [0.15, 0.2) is 51.9 Å². The van der Waals surface area contributed by atoms with Gasteiger partial charge in [-0.1, -0.05) is 0 Å². The number of allylic oxidation sites excluding steroid dienone is 5. The molecule has 0 aliphatic heterocycles. The zero-order chi connectivity index (χ0) is 11.0. The number of hydrogen-bond acceptors (Lipinski definition) is 0. The molecule has 0 radical (unpaired) electrons. The van der Waals surface area contributed by atoms with E-state index in [0.717, 1.165) is 0 Å². The van der Waals surface area contributed by atoms with Crippen LogP contribution in [0.25, 0.3) is 6.08 Å². The minimum Gasteiger partial charge on any atom is -0.147 e. The normalized spacial score (nSPS) is 22.8. The summed E-state index contributed by atoms with van der Waals surface area (Å²) in [5.41, 5.74) is 2.98. The molecule has 1 aromatic carbocycles. The van der Waals surface area contributed by atoms with Crippen LogP contribution < -0.4 is 0 Å². The first-order valence-electron chi connectivity index (χ1n) is 5.71. The Kier molecular flexibility index (Phi) is 5.65. The van der Waals surface area contributed by atoms with Gasteiger partial charge in [0.15, 0.2) is 0 Å². The van der Waals surface area contributed by atoms with Crippen LogP contribution in [-0.2, 0) is 26.4 Å². The molecule has 0 nitrogen and oxygen atoms in total. The van der Waals surface area contributed by atoms with E-state index in [-0.39, 0.29) is 24.8 Å². The molecule has 1 aromatic rings. The van der Waals surface area contributed by atoms with Crippen LogP contribution in [0.4, 0.5) is 0 Å². The summed E-state index contributed by atoms with van der Waals surface area (Å²) in [6, 6.07) is 8.85. The van der Waals surface area contributed by atoms with Gasteiger partial charge in [0.1, 0.15) is 0 Å². The van der Waals surface area contributed by atoms with E-state index < -0.39 is 23.2 Å². The maximum atomic E-state index is 2.43. The van der Waals surface area contributed by atoms with Gasteiger partial charge in [0.2, 0.25) is 0 Å². The molecule has 94 valence electrons. The first kappa shape index (κ1) is 16.0. The Morgan fingerprint density at radius 2 is 1.94 bits per heavy atom. The predicted octanol–water partition coefficient (Wildman–Crippen LogP) is 4.70. The second kappa shape index (κ2) is 6.37. The minimum absolute atomic E-state index is 0. The number of halogens is 2. The SMILES string of the molecule is C[C]1([Zr][C]2=CC=CC2)C=Cc2ccccc21.Cl.Cl. The molecular weight excluding hydrogens is 342 g/mol. The minimum atomic E-state index is -0.537. The maximum absolute atomic E-state index is 2.43. The molecule has 0 saturated heterocycles. The number of hydrogen-bond donors (Lipinski definition) is 0. The molecule has 2 aliphatic rings. The van der Waals surface area contributed by atoms with E-state index >= 15 is 0 Å². The molecule has 2 aliphatic carbocycles. The fourth-order valence-corrected chi connectivity index (χ4v) is 6.37. The van der Waals surface area contributed by atoms with Crippen molar-refractivity contribution >= 4 is 30.9 Å². The molecule has 1 atom stereocenters. The first-order chi connectivity index (χ1) is 7.78. The Hall–Kier alpha value is -0.0969. The van der Waals surface area contributed by atoms with Crippen molar-refractivity contribution in [1.82, 2.24) is 0 Å². The summed E-state index contributed by atoms with van der Waals surface area (Å²) >= 11 is -0.537. The summed E-state index contributed by atoms with van der Waals surface area (Å²) in [7, 11) is 0. The Morgan fingerprint density at radius 3 is 2.67 bits per heavy atom. The van der Waals surface area contributed by atoms with Gasteiger partial charge in [-0.25, -0.2) is 0 Å². The van der Waals surface area contributed by atoms with Crippen LogP contribution in [-0.4, -0.2) is 0 Å². The Balaban J connectivity index is 0.000000810. The molecule has 0 N–H and O–H groups in total. The molecule has 1 unspecified atom stereocenters. The van der Waals surface area contributed by atoms with Crippen molar-refractivity contribution < 1.29 is 23.2 Å². The molecule has 3 heteroatoms. The smallest absolute Gasteiger partial charge is 0.147 e. The van der Waals surface area contributed by atoms with Crippen molar-refractivity contribution in [3.05, 3.63) is 63.0 Å². The molecule has 0 saturated carbocycles. The third-order valence-electron chi connectivity index (χ3n) is 3.31. The summed E-state index contributed by atoms with van der Waals surface area (Å²) in [6.45, 7) is 2.42. The average Bonchev–Trinajstić information content (AvgIpc) is 2.89. The summed E-state index contributed by atoms with van der Waals surface area (Å²) in [5.74, 6) is 0. The Labute approximate surface area is 133 Å². The molecule has 3 rings (SSSR count). The first-order valence-corrected chi connectivity index (χ1v) is 8.16. The van der Waals surface area contributed by atoms with Crippen LogP contribution in [0, 0.1) is 0 Å². The van der Waals surface area contributed by atoms with Gasteiger partial charge in [0.25, 0.3) is 0 Å². The summed E-state index contributed by atoms with van der Waals surface area (Å²) < 4.78 is 2.09. The summed E-state index contributed by atoms with van der Waals surface area (Å²) in [6.07, 6.45) is 12.8. The van der Waals surface area contributed by atoms with Gasteiger partial charge in [0.05, 0.1) is 0 Å². The van der Waals surface area contributed by atoms with Crippen molar-refractivity contribution in [3.8, 4) is 0 Å². The second-order valence-corrected chi connectivity index (χ2v) is 9.32. The van der Waals surface area contributed by atoms with Crippen LogP contribution in [0.5, 0.6) is 0 Å². The molecule has 0 heterocycles. The van der Waals surface area contributed by atoms with Gasteiger partial charge in [-0.05, 0) is 0 Å². The zero-order valence-electron chi connectivity index (χ0n) is 10.2. The molecule has 18 heavy (non-hydrogen) atoms. The molecule has 0 aromatic heterocycles. The topological polar surface area (TPSA) is 0 Å². The summed E-state index contributed by atoms with van der Waals surface area (Å²) in [4.78, 5) is 0. The van der Waals surface area contributed by atoms with E-state index in [1.54, 1.807) is 8.84 Å². The number of benzene rings is 1. The van der Waals surface area contributed by atoms with E-state index in [1.165, 1.54) is 12.0 Å². The number of rotatable bonds is 2. The van der Waals surface area contributed by atoms with Crippen molar-refractivity contribution in [1.29, 1.82) is 0 Å². The third-order valence-corrected chi connectivity index (χ3v) is 7.36. The standard InChI is InChI=1S/C10H9.C5H5.2ClH.Zr/c1-8-6-7-9-4-2-3-5-10(8)9;1-2-4-5-3-1;;;/h2-7H,1H3;1-3H,4H2;2*1H;. The largest absolute Gasteiger partial charge is 0.147 e. The van der Waals surface area contributed by atoms with E-state index in [1.807, 2.05) is 0 Å². The molecule has 0 bridgehead atoms. The maximum Gasteiger partial charge on any atom is -0.147 e. The van der Waals surface area contributed by atoms with Gasteiger partial charge in [0, 0.05) is 0 Å². The van der Waals surface area contributed by atoms with Gasteiger partial charge < -0.3 is 0 Å². The van der Waals surface area contributed by atoms with Crippen molar-refractivity contribution in [3.63, 3.8) is 0 Å². The predicted molar refractivity (Wildman–Crippen MR) is 79.2 cm³/mol.